The highest BCUT2D eigenvalue weighted by molar-refractivity contribution is 7.92. The van der Waals surface area contributed by atoms with Crippen LogP contribution in [0.2, 0.25) is 0 Å². The van der Waals surface area contributed by atoms with Crippen LogP contribution < -0.4 is 19.5 Å². The number of hydrogen-bond donors (Lipinski definition) is 2. The van der Waals surface area contributed by atoms with Crippen LogP contribution in [-0.4, -0.2) is 50.6 Å². The number of alkyl halides is 2. The molecule has 4 rings (SSSR count). The average molecular weight is 524 g/mol. The predicted molar refractivity (Wildman–Crippen MR) is 127 cm³/mol. The van der Waals surface area contributed by atoms with Gasteiger partial charge in [0, 0.05) is 25.4 Å². The maximum absolute atomic E-state index is 13.1. The largest absolute Gasteiger partial charge is 0.495 e. The van der Waals surface area contributed by atoms with Gasteiger partial charge in [0.1, 0.15) is 29.7 Å². The molecular weight excluding hydrogens is 500 g/mol. The SMILES string of the molecule is COCn1ccc(Nc2cc3onc(NS(=O)(=O)c4ccc(C)cc4OCC(F)F)c3cc2OC)n1. The number of rotatable bonds is 11. The fourth-order valence-corrected chi connectivity index (χ4v) is 4.50. The number of benzene rings is 2. The average Bonchev–Trinajstić information content (AvgIpc) is 3.43. The summed E-state index contributed by atoms with van der Waals surface area (Å²) in [7, 11) is -1.27. The van der Waals surface area contributed by atoms with Crippen molar-refractivity contribution in [1.29, 1.82) is 0 Å². The standard InChI is InChI=1S/C22H23F2N5O6S/c1-13-4-5-19(18(8-13)34-11-20(23)24)36(30,31)28-22-14-9-17(33-3)15(10-16(14)35-27-22)25-21-6-7-29(26-21)12-32-2/h4-10,20H,11-12H2,1-3H3,(H,25,26)(H,27,28). The van der Waals surface area contributed by atoms with E-state index in [2.05, 4.69) is 20.3 Å². The summed E-state index contributed by atoms with van der Waals surface area (Å²) in [4.78, 5) is -0.318. The highest BCUT2D eigenvalue weighted by Gasteiger charge is 2.24. The van der Waals surface area contributed by atoms with Gasteiger partial charge in [0.15, 0.2) is 17.2 Å². The quantitative estimate of drug-likeness (QED) is 0.298. The van der Waals surface area contributed by atoms with Crippen LogP contribution >= 0.6 is 0 Å². The van der Waals surface area contributed by atoms with Crippen LogP contribution in [-0.2, 0) is 21.5 Å². The molecular formula is C22H23F2N5O6S. The van der Waals surface area contributed by atoms with Gasteiger partial charge < -0.3 is 24.1 Å². The number of aryl methyl sites for hydroxylation is 1. The molecule has 2 heterocycles. The molecule has 192 valence electrons. The lowest BCUT2D eigenvalue weighted by atomic mass is 10.2. The van der Waals surface area contributed by atoms with Crippen LogP contribution in [0.5, 0.6) is 11.5 Å². The Morgan fingerprint density at radius 3 is 2.67 bits per heavy atom. The van der Waals surface area contributed by atoms with Crippen molar-refractivity contribution in [1.82, 2.24) is 14.9 Å². The summed E-state index contributed by atoms with van der Waals surface area (Å²) in [6.45, 7) is 1.01. The van der Waals surface area contributed by atoms with Crippen LogP contribution in [0.15, 0.2) is 52.0 Å². The Morgan fingerprint density at radius 1 is 1.14 bits per heavy atom. The van der Waals surface area contributed by atoms with Gasteiger partial charge >= 0.3 is 0 Å². The van der Waals surface area contributed by atoms with Gasteiger partial charge in [-0.3, -0.25) is 4.72 Å². The summed E-state index contributed by atoms with van der Waals surface area (Å²) in [5.41, 5.74) is 1.40. The van der Waals surface area contributed by atoms with Crippen LogP contribution in [0.1, 0.15) is 5.56 Å². The third kappa shape index (κ3) is 5.49. The second kappa shape index (κ2) is 10.4. The molecule has 2 N–H and O–H groups in total. The number of ether oxygens (including phenoxy) is 3. The fraction of sp³-hybridized carbons (Fsp3) is 0.273. The summed E-state index contributed by atoms with van der Waals surface area (Å²) < 4.78 is 76.3. The lowest BCUT2D eigenvalue weighted by Crippen LogP contribution is -2.16. The van der Waals surface area contributed by atoms with Crippen molar-refractivity contribution in [3.8, 4) is 11.5 Å². The minimum Gasteiger partial charge on any atom is -0.495 e. The molecule has 0 aliphatic heterocycles. The molecule has 0 amide bonds. The van der Waals surface area contributed by atoms with E-state index in [9.17, 15) is 17.2 Å². The van der Waals surface area contributed by atoms with Crippen molar-refractivity contribution in [2.75, 3.05) is 30.9 Å². The molecule has 0 unspecified atom stereocenters. The molecule has 0 aliphatic carbocycles. The van der Waals surface area contributed by atoms with Crippen molar-refractivity contribution in [2.45, 2.75) is 25.0 Å². The van der Waals surface area contributed by atoms with Crippen molar-refractivity contribution in [3.05, 3.63) is 48.2 Å². The smallest absolute Gasteiger partial charge is 0.272 e. The highest BCUT2D eigenvalue weighted by Crippen LogP contribution is 2.36. The summed E-state index contributed by atoms with van der Waals surface area (Å²) in [6, 6.07) is 9.02. The van der Waals surface area contributed by atoms with Crippen LogP contribution in [0.4, 0.5) is 26.1 Å². The zero-order chi connectivity index (χ0) is 25.9. The Bertz CT molecular complexity index is 1470. The minimum atomic E-state index is -4.27. The van der Waals surface area contributed by atoms with Crippen molar-refractivity contribution in [3.63, 3.8) is 0 Å². The first kappa shape index (κ1) is 25.2. The first-order valence-electron chi connectivity index (χ1n) is 10.5. The van der Waals surface area contributed by atoms with Crippen molar-refractivity contribution >= 4 is 38.3 Å². The molecule has 36 heavy (non-hydrogen) atoms. The van der Waals surface area contributed by atoms with Gasteiger partial charge in [-0.1, -0.05) is 11.2 Å². The highest BCUT2D eigenvalue weighted by atomic mass is 32.2. The number of hydrogen-bond acceptors (Lipinski definition) is 9. The van der Waals surface area contributed by atoms with Gasteiger partial charge in [-0.2, -0.15) is 5.10 Å². The van der Waals surface area contributed by atoms with Gasteiger partial charge in [-0.15, -0.1) is 0 Å². The summed E-state index contributed by atoms with van der Waals surface area (Å²) in [5, 5.41) is 11.6. The number of anilines is 3. The molecule has 0 saturated heterocycles. The molecule has 4 aromatic rings. The first-order valence-corrected chi connectivity index (χ1v) is 12.0. The molecule has 0 fully saturated rings. The van der Waals surface area contributed by atoms with Crippen LogP contribution in [0.3, 0.4) is 0 Å². The Balaban J connectivity index is 1.64. The summed E-state index contributed by atoms with van der Waals surface area (Å²) in [6.07, 6.45) is -1.04. The van der Waals surface area contributed by atoms with Crippen molar-refractivity contribution in [2.24, 2.45) is 0 Å². The van der Waals surface area contributed by atoms with Gasteiger partial charge in [0.2, 0.25) is 0 Å². The molecule has 11 nitrogen and oxygen atoms in total. The maximum Gasteiger partial charge on any atom is 0.272 e. The van der Waals surface area contributed by atoms with Crippen molar-refractivity contribution < 1.29 is 35.9 Å². The molecule has 2 aromatic carbocycles. The van der Waals surface area contributed by atoms with Crippen LogP contribution in [0.25, 0.3) is 11.0 Å². The van der Waals surface area contributed by atoms with E-state index >= 15 is 0 Å². The number of nitrogens with zero attached hydrogens (tertiary/aromatic N) is 3. The zero-order valence-corrected chi connectivity index (χ0v) is 20.3. The predicted octanol–water partition coefficient (Wildman–Crippen LogP) is 4.13. The number of nitrogens with one attached hydrogen (secondary N) is 2. The van der Waals surface area contributed by atoms with E-state index in [1.165, 1.54) is 25.3 Å². The third-order valence-electron chi connectivity index (χ3n) is 4.94. The maximum atomic E-state index is 13.1. The van der Waals surface area contributed by atoms with Gasteiger partial charge in [0.25, 0.3) is 16.4 Å². The first-order chi connectivity index (χ1) is 17.2. The monoisotopic (exact) mass is 523 g/mol. The molecule has 0 atom stereocenters. The van der Waals surface area contributed by atoms with E-state index in [0.717, 1.165) is 0 Å². The van der Waals surface area contributed by atoms with E-state index in [-0.39, 0.29) is 28.8 Å². The molecule has 0 bridgehead atoms. The number of aromatic nitrogens is 3. The van der Waals surface area contributed by atoms with E-state index in [1.54, 1.807) is 43.1 Å². The van der Waals surface area contributed by atoms with E-state index < -0.39 is 23.1 Å². The number of methoxy groups -OCH3 is 2. The number of halogens is 2. The van der Waals surface area contributed by atoms with Gasteiger partial charge in [0.05, 0.1) is 18.2 Å². The normalized spacial score (nSPS) is 11.7. The number of sulfonamides is 1. The Kier molecular flexibility index (Phi) is 7.26. The molecule has 0 spiro atoms. The molecule has 0 aliphatic rings. The summed E-state index contributed by atoms with van der Waals surface area (Å²) in [5.74, 6) is 0.566. The second-order valence-corrected chi connectivity index (χ2v) is 9.27. The zero-order valence-electron chi connectivity index (χ0n) is 19.5. The Morgan fingerprint density at radius 2 is 1.94 bits per heavy atom. The van der Waals surface area contributed by atoms with E-state index in [4.69, 9.17) is 18.7 Å². The Labute approximate surface area is 205 Å². The lowest BCUT2D eigenvalue weighted by Gasteiger charge is -2.13. The fourth-order valence-electron chi connectivity index (χ4n) is 3.36. The minimum absolute atomic E-state index is 0.111. The van der Waals surface area contributed by atoms with E-state index in [0.29, 0.717) is 28.2 Å². The lowest BCUT2D eigenvalue weighted by molar-refractivity contribution is 0.0804. The molecule has 2 aromatic heterocycles. The van der Waals surface area contributed by atoms with Crippen LogP contribution in [0, 0.1) is 6.92 Å². The number of fused-ring (bicyclic) bond motifs is 1. The van der Waals surface area contributed by atoms with Gasteiger partial charge in [-0.25, -0.2) is 21.9 Å². The topological polar surface area (TPSA) is 130 Å². The molecule has 14 heteroatoms. The second-order valence-electron chi connectivity index (χ2n) is 7.62. The molecule has 0 radical (unpaired) electrons. The Hall–Kier alpha value is -3.91. The van der Waals surface area contributed by atoms with Gasteiger partial charge in [-0.05, 0) is 30.7 Å². The third-order valence-corrected chi connectivity index (χ3v) is 6.32. The van der Waals surface area contributed by atoms with E-state index in [1.807, 2.05) is 0 Å². The summed E-state index contributed by atoms with van der Waals surface area (Å²) >= 11 is 0. The molecule has 0 saturated carbocycles.